The van der Waals surface area contributed by atoms with E-state index >= 15 is 0 Å². The Balaban J connectivity index is 1.75. The molecule has 0 saturated heterocycles. The van der Waals surface area contributed by atoms with Gasteiger partial charge in [-0.25, -0.2) is 0 Å². The van der Waals surface area contributed by atoms with E-state index in [4.69, 9.17) is 4.74 Å². The molecule has 0 spiro atoms. The Hall–Kier alpha value is -2.30. The van der Waals surface area contributed by atoms with Gasteiger partial charge < -0.3 is 15.2 Å². The van der Waals surface area contributed by atoms with Crippen LogP contribution in [-0.4, -0.2) is 24.1 Å². The number of rotatable bonds is 4. The molecule has 1 fully saturated rings. The number of nitrogens with one attached hydrogen (secondary N) is 1. The molecule has 4 atom stereocenters. The second-order valence-corrected chi connectivity index (χ2v) is 5.56. The maximum atomic E-state index is 12.4. The number of methoxy groups -OCH3 is 1. The first-order valence-corrected chi connectivity index (χ1v) is 6.96. The van der Waals surface area contributed by atoms with Crippen LogP contribution in [-0.2, 0) is 9.59 Å². The summed E-state index contributed by atoms with van der Waals surface area (Å²) >= 11 is 0. The molecule has 0 heterocycles. The summed E-state index contributed by atoms with van der Waals surface area (Å²) in [5, 5.41) is 12.2. The molecule has 1 amide bonds. The molecule has 1 aromatic carbocycles. The van der Waals surface area contributed by atoms with Crippen molar-refractivity contribution in [1.82, 2.24) is 0 Å². The van der Waals surface area contributed by atoms with Gasteiger partial charge in [0.15, 0.2) is 0 Å². The summed E-state index contributed by atoms with van der Waals surface area (Å²) in [6.07, 6.45) is 4.67. The normalized spacial score (nSPS) is 29.4. The highest BCUT2D eigenvalue weighted by Crippen LogP contribution is 2.48. The van der Waals surface area contributed by atoms with Crippen LogP contribution >= 0.6 is 0 Å². The number of ether oxygens (including phenoxy) is 1. The first-order chi connectivity index (χ1) is 10.1. The fraction of sp³-hybridized carbons (Fsp3) is 0.375. The highest BCUT2D eigenvalue weighted by Gasteiger charge is 2.51. The summed E-state index contributed by atoms with van der Waals surface area (Å²) in [5.41, 5.74) is 0.650. The van der Waals surface area contributed by atoms with E-state index in [0.717, 1.165) is 6.42 Å². The molecular formula is C16H17NO4. The molecule has 5 nitrogen and oxygen atoms in total. The maximum absolute atomic E-state index is 12.4. The Bertz CT molecular complexity index is 593. The van der Waals surface area contributed by atoms with Gasteiger partial charge in [0.25, 0.3) is 0 Å². The summed E-state index contributed by atoms with van der Waals surface area (Å²) in [6.45, 7) is 0. The summed E-state index contributed by atoms with van der Waals surface area (Å²) in [7, 11) is 1.58. The van der Waals surface area contributed by atoms with E-state index in [9.17, 15) is 14.7 Å². The van der Waals surface area contributed by atoms with Crippen LogP contribution in [0.25, 0.3) is 0 Å². The third kappa shape index (κ3) is 2.39. The Labute approximate surface area is 122 Å². The molecule has 110 valence electrons. The number of anilines is 1. The molecule has 0 aromatic heterocycles. The van der Waals surface area contributed by atoms with Gasteiger partial charge in [-0.2, -0.15) is 0 Å². The Morgan fingerprint density at radius 2 is 1.76 bits per heavy atom. The van der Waals surface area contributed by atoms with Crippen LogP contribution in [0.15, 0.2) is 36.4 Å². The standard InChI is InChI=1S/C16H17NO4/c1-21-12-6-4-11(5-7-12)17-15(18)13-9-2-3-10(8-9)14(13)16(19)20/h2-7,9-10,13-14H,8H2,1H3,(H,17,18)(H,19,20)/t9-,10-,13-,14+/m0/s1. The number of amides is 1. The average molecular weight is 287 g/mol. The van der Waals surface area contributed by atoms with E-state index in [1.807, 2.05) is 12.2 Å². The van der Waals surface area contributed by atoms with Crippen LogP contribution in [0.3, 0.4) is 0 Å². The molecule has 0 aliphatic heterocycles. The van der Waals surface area contributed by atoms with Gasteiger partial charge >= 0.3 is 5.97 Å². The smallest absolute Gasteiger partial charge is 0.307 e. The fourth-order valence-electron chi connectivity index (χ4n) is 3.42. The minimum absolute atomic E-state index is 0.0147. The van der Waals surface area contributed by atoms with E-state index in [1.54, 1.807) is 31.4 Å². The van der Waals surface area contributed by atoms with Crippen molar-refractivity contribution in [3.8, 4) is 5.75 Å². The number of carboxylic acid groups (broad SMARTS) is 1. The van der Waals surface area contributed by atoms with Crippen LogP contribution in [0.1, 0.15) is 6.42 Å². The molecular weight excluding hydrogens is 270 g/mol. The monoisotopic (exact) mass is 287 g/mol. The van der Waals surface area contributed by atoms with E-state index in [0.29, 0.717) is 11.4 Å². The van der Waals surface area contributed by atoms with Crippen molar-refractivity contribution in [1.29, 1.82) is 0 Å². The minimum Gasteiger partial charge on any atom is -0.497 e. The molecule has 5 heteroatoms. The van der Waals surface area contributed by atoms with Crippen molar-refractivity contribution in [3.63, 3.8) is 0 Å². The molecule has 0 radical (unpaired) electrons. The minimum atomic E-state index is -0.887. The Kier molecular flexibility index (Phi) is 3.41. The number of hydrogen-bond donors (Lipinski definition) is 2. The summed E-state index contributed by atoms with van der Waals surface area (Å²) in [6, 6.07) is 7.00. The van der Waals surface area contributed by atoms with Crippen molar-refractivity contribution >= 4 is 17.6 Å². The van der Waals surface area contributed by atoms with Gasteiger partial charge in [-0.1, -0.05) is 12.2 Å². The third-order valence-electron chi connectivity index (χ3n) is 4.40. The number of carbonyl (C=O) groups is 2. The van der Waals surface area contributed by atoms with E-state index in [2.05, 4.69) is 5.32 Å². The van der Waals surface area contributed by atoms with Gasteiger partial charge in [-0.3, -0.25) is 9.59 Å². The summed E-state index contributed by atoms with van der Waals surface area (Å²) < 4.78 is 5.06. The van der Waals surface area contributed by atoms with Crippen molar-refractivity contribution in [2.45, 2.75) is 6.42 Å². The zero-order valence-corrected chi connectivity index (χ0v) is 11.7. The summed E-state index contributed by atoms with van der Waals surface area (Å²) in [5.74, 6) is -1.48. The molecule has 21 heavy (non-hydrogen) atoms. The van der Waals surface area contributed by atoms with Crippen LogP contribution in [0.4, 0.5) is 5.69 Å². The topological polar surface area (TPSA) is 75.6 Å². The number of benzene rings is 1. The second kappa shape index (κ2) is 5.24. The first-order valence-electron chi connectivity index (χ1n) is 6.96. The van der Waals surface area contributed by atoms with Crippen molar-refractivity contribution < 1.29 is 19.4 Å². The van der Waals surface area contributed by atoms with Crippen LogP contribution in [0, 0.1) is 23.7 Å². The zero-order valence-electron chi connectivity index (χ0n) is 11.7. The van der Waals surface area contributed by atoms with Crippen molar-refractivity contribution in [2.24, 2.45) is 23.7 Å². The lowest BCUT2D eigenvalue weighted by Gasteiger charge is -2.23. The molecule has 1 saturated carbocycles. The Morgan fingerprint density at radius 1 is 1.14 bits per heavy atom. The van der Waals surface area contributed by atoms with Gasteiger partial charge in [0, 0.05) is 5.69 Å². The second-order valence-electron chi connectivity index (χ2n) is 5.56. The Morgan fingerprint density at radius 3 is 2.33 bits per heavy atom. The first kappa shape index (κ1) is 13.7. The molecule has 0 unspecified atom stereocenters. The van der Waals surface area contributed by atoms with Gasteiger partial charge in [0.1, 0.15) is 5.75 Å². The molecule has 1 aromatic rings. The lowest BCUT2D eigenvalue weighted by atomic mass is 9.82. The largest absolute Gasteiger partial charge is 0.497 e. The highest BCUT2D eigenvalue weighted by atomic mass is 16.5. The SMILES string of the molecule is COc1ccc(NC(=O)[C@@H]2[C@H](C(=O)O)[C@H]3C=C[C@H]2C3)cc1. The predicted molar refractivity (Wildman–Crippen MR) is 77.0 cm³/mol. The number of allylic oxidation sites excluding steroid dienone is 2. The molecule has 2 bridgehead atoms. The van der Waals surface area contributed by atoms with Gasteiger partial charge in [0.05, 0.1) is 18.9 Å². The van der Waals surface area contributed by atoms with Crippen LogP contribution in [0.2, 0.25) is 0 Å². The molecule has 3 rings (SSSR count). The number of hydrogen-bond acceptors (Lipinski definition) is 3. The average Bonchev–Trinajstić information content (AvgIpc) is 3.08. The number of aliphatic carboxylic acids is 1. The van der Waals surface area contributed by atoms with Gasteiger partial charge in [0.2, 0.25) is 5.91 Å². The van der Waals surface area contributed by atoms with Gasteiger partial charge in [-0.15, -0.1) is 0 Å². The number of fused-ring (bicyclic) bond motifs is 2. The molecule has 2 aliphatic carbocycles. The van der Waals surface area contributed by atoms with E-state index in [1.165, 1.54) is 0 Å². The molecule has 2 N–H and O–H groups in total. The fourth-order valence-corrected chi connectivity index (χ4v) is 3.42. The number of carboxylic acids is 1. The summed E-state index contributed by atoms with van der Waals surface area (Å²) in [4.78, 5) is 23.8. The number of carbonyl (C=O) groups excluding carboxylic acids is 1. The van der Waals surface area contributed by atoms with Crippen molar-refractivity contribution in [3.05, 3.63) is 36.4 Å². The molecule has 2 aliphatic rings. The van der Waals surface area contributed by atoms with Crippen LogP contribution in [0.5, 0.6) is 5.75 Å². The van der Waals surface area contributed by atoms with E-state index in [-0.39, 0.29) is 17.7 Å². The predicted octanol–water partition coefficient (Wildman–Crippen LogP) is 2.16. The zero-order chi connectivity index (χ0) is 15.0. The maximum Gasteiger partial charge on any atom is 0.307 e. The highest BCUT2D eigenvalue weighted by molar-refractivity contribution is 5.96. The van der Waals surface area contributed by atoms with Crippen LogP contribution < -0.4 is 10.1 Å². The van der Waals surface area contributed by atoms with Gasteiger partial charge in [-0.05, 0) is 42.5 Å². The quantitative estimate of drug-likeness (QED) is 0.832. The van der Waals surface area contributed by atoms with Crippen molar-refractivity contribution in [2.75, 3.05) is 12.4 Å². The van der Waals surface area contributed by atoms with E-state index < -0.39 is 17.8 Å². The lowest BCUT2D eigenvalue weighted by Crippen LogP contribution is -2.36. The third-order valence-corrected chi connectivity index (χ3v) is 4.40. The lowest BCUT2D eigenvalue weighted by molar-refractivity contribution is -0.146.